The van der Waals surface area contributed by atoms with Gasteiger partial charge >= 0.3 is 17.9 Å². The second-order valence-corrected chi connectivity index (χ2v) is 12.2. The first-order chi connectivity index (χ1) is 22.3. The Balaban J connectivity index is 3.23. The van der Waals surface area contributed by atoms with Crippen LogP contribution in [0.4, 0.5) is 0 Å². The van der Waals surface area contributed by atoms with Crippen molar-refractivity contribution in [1.29, 1.82) is 0 Å². The van der Waals surface area contributed by atoms with Crippen LogP contribution in [0.2, 0.25) is 0 Å². The Labute approximate surface area is 282 Å². The third-order valence-corrected chi connectivity index (χ3v) is 8.11. The van der Waals surface area contributed by atoms with Gasteiger partial charge in [0.2, 0.25) is 35.4 Å². The van der Waals surface area contributed by atoms with Crippen LogP contribution in [0, 0.1) is 11.8 Å². The average molecular weight is 703 g/mol. The highest BCUT2D eigenvalue weighted by atomic mass is 32.1. The van der Waals surface area contributed by atoms with E-state index in [2.05, 4.69) is 39.2 Å². The van der Waals surface area contributed by atoms with Gasteiger partial charge in [0.15, 0.2) is 0 Å². The van der Waals surface area contributed by atoms with Crippen LogP contribution in [-0.2, 0) is 43.2 Å². The number of nitrogens with zero attached hydrogens (tertiary/aromatic N) is 1. The van der Waals surface area contributed by atoms with Gasteiger partial charge in [-0.25, -0.2) is 4.79 Å². The van der Waals surface area contributed by atoms with Gasteiger partial charge in [-0.15, -0.1) is 0 Å². The fourth-order valence-corrected chi connectivity index (χ4v) is 5.18. The maximum atomic E-state index is 13.7. The molecule has 19 heteroatoms. The molecule has 1 rings (SSSR count). The molecule has 0 radical (unpaired) electrons. The van der Waals surface area contributed by atoms with Gasteiger partial charge in [0, 0.05) is 19.2 Å². The topological polar surface area (TPSA) is 278 Å². The minimum atomic E-state index is -1.78. The summed E-state index contributed by atoms with van der Waals surface area (Å²) in [6, 6.07) is -8.19. The summed E-state index contributed by atoms with van der Waals surface area (Å²) in [7, 11) is 0. The van der Waals surface area contributed by atoms with Crippen molar-refractivity contribution >= 4 is 66.0 Å². The molecule has 8 N–H and O–H groups in total. The van der Waals surface area contributed by atoms with Crippen LogP contribution in [0.1, 0.15) is 66.7 Å². The quantitative estimate of drug-likeness (QED) is 0.0667. The van der Waals surface area contributed by atoms with Crippen LogP contribution in [-0.4, -0.2) is 122 Å². The first-order valence-corrected chi connectivity index (χ1v) is 16.0. The number of aliphatic carboxylic acids is 3. The van der Waals surface area contributed by atoms with E-state index in [1.807, 2.05) is 0 Å². The van der Waals surface area contributed by atoms with Crippen LogP contribution in [0.25, 0.3) is 0 Å². The second kappa shape index (κ2) is 19.4. The zero-order valence-electron chi connectivity index (χ0n) is 27.5. The lowest BCUT2D eigenvalue weighted by Crippen LogP contribution is -2.61. The molecule has 0 saturated carbocycles. The number of carbonyl (C=O) groups excluding carboxylic acids is 6. The normalized spacial score (nSPS) is 17.9. The fourth-order valence-electron chi connectivity index (χ4n) is 4.93. The van der Waals surface area contributed by atoms with E-state index in [1.54, 1.807) is 27.7 Å². The smallest absolute Gasteiger partial charge is 0.327 e. The molecule has 48 heavy (non-hydrogen) atoms. The SMILES string of the molecule is CCC(C)[C@H](NC(=O)[C@H](CC(=O)O)NC(=O)[C@H](CC(=O)O)NC(C)=O)C(=O)N[C@H](C(=O)N1CCC[C@@H]1C(=O)NC(CS)C(=O)O)C(C)C. The van der Waals surface area contributed by atoms with Crippen molar-refractivity contribution in [3.05, 3.63) is 0 Å². The molecule has 18 nitrogen and oxygen atoms in total. The molecule has 1 aliphatic rings. The van der Waals surface area contributed by atoms with Gasteiger partial charge in [0.05, 0.1) is 12.8 Å². The summed E-state index contributed by atoms with van der Waals surface area (Å²) in [5, 5.41) is 39.5. The van der Waals surface area contributed by atoms with E-state index in [0.29, 0.717) is 12.8 Å². The summed E-state index contributed by atoms with van der Waals surface area (Å²) in [6.07, 6.45) is -0.772. The molecule has 0 bridgehead atoms. The monoisotopic (exact) mass is 702 g/mol. The first kappa shape index (κ1) is 41.6. The van der Waals surface area contributed by atoms with Crippen LogP contribution in [0.5, 0.6) is 0 Å². The van der Waals surface area contributed by atoms with Gasteiger partial charge in [0.1, 0.15) is 36.3 Å². The highest BCUT2D eigenvalue weighted by Crippen LogP contribution is 2.21. The Morgan fingerprint density at radius 3 is 1.73 bits per heavy atom. The number of nitrogens with one attached hydrogen (secondary N) is 5. The van der Waals surface area contributed by atoms with E-state index in [4.69, 9.17) is 5.11 Å². The van der Waals surface area contributed by atoms with Crippen LogP contribution >= 0.6 is 12.6 Å². The van der Waals surface area contributed by atoms with Crippen molar-refractivity contribution in [2.45, 2.75) is 103 Å². The van der Waals surface area contributed by atoms with Crippen molar-refractivity contribution in [3.63, 3.8) is 0 Å². The highest BCUT2D eigenvalue weighted by molar-refractivity contribution is 7.80. The summed E-state index contributed by atoms with van der Waals surface area (Å²) in [5.41, 5.74) is 0. The number of hydrogen-bond donors (Lipinski definition) is 9. The van der Waals surface area contributed by atoms with E-state index in [-0.39, 0.29) is 18.7 Å². The van der Waals surface area contributed by atoms with E-state index < -0.39 is 114 Å². The second-order valence-electron chi connectivity index (χ2n) is 11.9. The third kappa shape index (κ3) is 12.6. The van der Waals surface area contributed by atoms with Crippen molar-refractivity contribution in [2.75, 3.05) is 12.3 Å². The van der Waals surface area contributed by atoms with E-state index >= 15 is 0 Å². The van der Waals surface area contributed by atoms with Crippen LogP contribution in [0.15, 0.2) is 0 Å². The number of thiol groups is 1. The summed E-state index contributed by atoms with van der Waals surface area (Å²) in [4.78, 5) is 113. The third-order valence-electron chi connectivity index (χ3n) is 7.74. The zero-order chi connectivity index (χ0) is 36.9. The van der Waals surface area contributed by atoms with Gasteiger partial charge in [-0.1, -0.05) is 34.1 Å². The molecule has 0 aromatic carbocycles. The largest absolute Gasteiger partial charge is 0.481 e. The zero-order valence-corrected chi connectivity index (χ0v) is 28.4. The molecule has 270 valence electrons. The molecule has 7 atom stereocenters. The summed E-state index contributed by atoms with van der Waals surface area (Å²) in [6.45, 7) is 7.82. The van der Waals surface area contributed by atoms with Crippen molar-refractivity contribution in [1.82, 2.24) is 31.5 Å². The standard InChI is InChI=1S/C29H46N6O12S/c1-6-14(4)23(34-25(42)17(11-21(39)40)31-24(41)16(10-20(37)38)30-15(5)36)27(44)33-22(13(2)3)28(45)35-9-7-8-19(35)26(43)32-18(12-48)29(46)47/h13-14,16-19,22-23,48H,6-12H2,1-5H3,(H,30,36)(H,31,41)(H,32,43)(H,33,44)(H,34,42)(H,37,38)(H,39,40)(H,46,47)/t14?,16-,17-,18?,19+,22-,23-/m0/s1. The summed E-state index contributed by atoms with van der Waals surface area (Å²) < 4.78 is 0. The Morgan fingerprint density at radius 1 is 0.750 bits per heavy atom. The molecule has 1 aliphatic heterocycles. The van der Waals surface area contributed by atoms with Gasteiger partial charge in [-0.05, 0) is 24.7 Å². The predicted molar refractivity (Wildman–Crippen MR) is 170 cm³/mol. The fraction of sp³-hybridized carbons (Fsp3) is 0.690. The number of carboxylic acids is 3. The van der Waals surface area contributed by atoms with Gasteiger partial charge in [-0.3, -0.25) is 38.4 Å². The van der Waals surface area contributed by atoms with E-state index in [9.17, 15) is 53.4 Å². The maximum absolute atomic E-state index is 13.7. The molecule has 2 unspecified atom stereocenters. The molecule has 0 aliphatic carbocycles. The molecule has 1 heterocycles. The lowest BCUT2D eigenvalue weighted by atomic mass is 9.95. The minimum Gasteiger partial charge on any atom is -0.481 e. The maximum Gasteiger partial charge on any atom is 0.327 e. The van der Waals surface area contributed by atoms with E-state index in [0.717, 1.165) is 6.92 Å². The number of hydrogen-bond acceptors (Lipinski definition) is 10. The van der Waals surface area contributed by atoms with Crippen molar-refractivity contribution in [2.24, 2.45) is 11.8 Å². The number of likely N-dealkylation sites (tertiary alicyclic amines) is 1. The molecule has 0 aromatic rings. The molecule has 0 aromatic heterocycles. The lowest BCUT2D eigenvalue weighted by molar-refractivity contribution is -0.145. The van der Waals surface area contributed by atoms with Crippen LogP contribution in [0.3, 0.4) is 0 Å². The highest BCUT2D eigenvalue weighted by Gasteiger charge is 2.41. The van der Waals surface area contributed by atoms with Gasteiger partial charge in [0.25, 0.3) is 0 Å². The minimum absolute atomic E-state index is 0.165. The number of carbonyl (C=O) groups is 9. The van der Waals surface area contributed by atoms with Crippen molar-refractivity contribution in [3.8, 4) is 0 Å². The Morgan fingerprint density at radius 2 is 1.27 bits per heavy atom. The van der Waals surface area contributed by atoms with Crippen LogP contribution < -0.4 is 26.6 Å². The number of amides is 6. The molecular formula is C29H46N6O12S. The number of rotatable bonds is 19. The molecule has 1 saturated heterocycles. The Hall–Kier alpha value is -4.42. The predicted octanol–water partition coefficient (Wildman–Crippen LogP) is -1.91. The molecule has 0 spiro atoms. The average Bonchev–Trinajstić information content (AvgIpc) is 3.48. The summed E-state index contributed by atoms with van der Waals surface area (Å²) >= 11 is 3.94. The molecule has 6 amide bonds. The van der Waals surface area contributed by atoms with E-state index in [1.165, 1.54) is 4.90 Å². The Bertz CT molecular complexity index is 1230. The first-order valence-electron chi connectivity index (χ1n) is 15.4. The Kier molecular flexibility index (Phi) is 16.8. The van der Waals surface area contributed by atoms with Crippen molar-refractivity contribution < 1.29 is 58.5 Å². The summed E-state index contributed by atoms with van der Waals surface area (Å²) in [5.74, 6) is -10.6. The molecular weight excluding hydrogens is 656 g/mol. The molecule has 1 fully saturated rings. The lowest BCUT2D eigenvalue weighted by Gasteiger charge is -2.33. The van der Waals surface area contributed by atoms with Gasteiger partial charge < -0.3 is 46.8 Å². The van der Waals surface area contributed by atoms with Gasteiger partial charge in [-0.2, -0.15) is 12.6 Å². The number of carboxylic acid groups (broad SMARTS) is 3.